The molecule has 2 saturated heterocycles. The van der Waals surface area contributed by atoms with Crippen molar-refractivity contribution in [2.45, 2.75) is 19.2 Å². The minimum Gasteiger partial charge on any atom is -0.497 e. The summed E-state index contributed by atoms with van der Waals surface area (Å²) in [6.07, 6.45) is -0.205. The number of carbonyl (C=O) groups is 1. The number of hydrogen-bond donors (Lipinski definition) is 0. The summed E-state index contributed by atoms with van der Waals surface area (Å²) in [6.45, 7) is 2.85. The average molecular weight is 259 g/mol. The second-order valence-corrected chi connectivity index (χ2v) is 5.73. The summed E-state index contributed by atoms with van der Waals surface area (Å²) < 4.78 is 11.0. The third-order valence-electron chi connectivity index (χ3n) is 4.87. The van der Waals surface area contributed by atoms with Gasteiger partial charge in [-0.15, -0.1) is 0 Å². The van der Waals surface area contributed by atoms with E-state index >= 15 is 0 Å². The zero-order valence-electron chi connectivity index (χ0n) is 11.1. The number of fused-ring (bicyclic) bond motifs is 3. The summed E-state index contributed by atoms with van der Waals surface area (Å²) in [5.41, 5.74) is 1.03. The number of nitrogens with zero attached hydrogens (tertiary/aromatic N) is 1. The Hall–Kier alpha value is -1.55. The number of methoxy groups -OCH3 is 1. The number of hydrogen-bond acceptors (Lipinski definition) is 3. The Labute approximate surface area is 112 Å². The first-order valence-electron chi connectivity index (χ1n) is 6.80. The van der Waals surface area contributed by atoms with Crippen molar-refractivity contribution in [3.63, 3.8) is 0 Å². The maximum atomic E-state index is 12.4. The first-order chi connectivity index (χ1) is 9.22. The molecule has 5 atom stereocenters. The van der Waals surface area contributed by atoms with E-state index in [0.717, 1.165) is 11.3 Å². The molecule has 0 unspecified atom stereocenters. The van der Waals surface area contributed by atoms with Crippen molar-refractivity contribution in [1.82, 2.24) is 4.90 Å². The monoisotopic (exact) mass is 259 g/mol. The third kappa shape index (κ3) is 1.40. The molecular formula is C15H17NO3. The van der Waals surface area contributed by atoms with Crippen LogP contribution in [0, 0.1) is 17.8 Å². The Morgan fingerprint density at radius 2 is 2.05 bits per heavy atom. The van der Waals surface area contributed by atoms with Gasteiger partial charge in [-0.25, -0.2) is 0 Å². The molecule has 4 heteroatoms. The molecule has 2 heterocycles. The minimum atomic E-state index is -0.205. The highest BCUT2D eigenvalue weighted by atomic mass is 16.5. The molecule has 3 aliphatic rings. The van der Waals surface area contributed by atoms with E-state index < -0.39 is 0 Å². The lowest BCUT2D eigenvalue weighted by Crippen LogP contribution is -2.35. The van der Waals surface area contributed by atoms with Crippen molar-refractivity contribution in [2.24, 2.45) is 17.8 Å². The minimum absolute atomic E-state index is 0.205. The summed E-state index contributed by atoms with van der Waals surface area (Å²) in [5.74, 6) is 2.43. The molecule has 100 valence electrons. The highest BCUT2D eigenvalue weighted by molar-refractivity contribution is 5.86. The van der Waals surface area contributed by atoms with Crippen LogP contribution >= 0.6 is 0 Å². The van der Waals surface area contributed by atoms with E-state index in [1.165, 1.54) is 0 Å². The quantitative estimate of drug-likeness (QED) is 0.813. The molecule has 0 radical (unpaired) electrons. The van der Waals surface area contributed by atoms with Crippen LogP contribution in [0.25, 0.3) is 0 Å². The van der Waals surface area contributed by atoms with E-state index in [4.69, 9.17) is 9.47 Å². The molecule has 19 heavy (non-hydrogen) atoms. The van der Waals surface area contributed by atoms with Crippen LogP contribution in [-0.4, -0.2) is 30.6 Å². The van der Waals surface area contributed by atoms with Crippen molar-refractivity contribution < 1.29 is 14.3 Å². The number of amides is 1. The maximum Gasteiger partial charge on any atom is 0.228 e. The molecule has 4 rings (SSSR count). The highest BCUT2D eigenvalue weighted by Crippen LogP contribution is 2.59. The van der Waals surface area contributed by atoms with Gasteiger partial charge in [0, 0.05) is 11.5 Å². The molecule has 0 spiro atoms. The predicted octanol–water partition coefficient (Wildman–Crippen LogP) is 1.82. The molecule has 0 bridgehead atoms. The van der Waals surface area contributed by atoms with Crippen molar-refractivity contribution in [3.8, 4) is 5.75 Å². The van der Waals surface area contributed by atoms with Crippen LogP contribution < -0.4 is 4.74 Å². The zero-order chi connectivity index (χ0) is 13.1. The number of piperidine rings is 1. The maximum absolute atomic E-state index is 12.4. The predicted molar refractivity (Wildman–Crippen MR) is 68.5 cm³/mol. The summed E-state index contributed by atoms with van der Waals surface area (Å²) in [5, 5.41) is 0. The molecule has 1 aromatic carbocycles. The Morgan fingerprint density at radius 3 is 2.74 bits per heavy atom. The fraction of sp³-hybridized carbons (Fsp3) is 0.533. The molecule has 3 fully saturated rings. The third-order valence-corrected chi connectivity index (χ3v) is 4.87. The molecule has 1 amide bonds. The fourth-order valence-electron chi connectivity index (χ4n) is 3.77. The number of ether oxygens (including phenoxy) is 2. The highest BCUT2D eigenvalue weighted by Gasteiger charge is 2.67. The lowest BCUT2D eigenvalue weighted by Gasteiger charge is -2.25. The van der Waals surface area contributed by atoms with Gasteiger partial charge in [0.25, 0.3) is 0 Å². The summed E-state index contributed by atoms with van der Waals surface area (Å²) >= 11 is 0. The summed E-state index contributed by atoms with van der Waals surface area (Å²) in [4.78, 5) is 14.3. The lowest BCUT2D eigenvalue weighted by atomic mass is 10.1. The van der Waals surface area contributed by atoms with Crippen molar-refractivity contribution >= 4 is 5.91 Å². The second kappa shape index (κ2) is 3.73. The van der Waals surface area contributed by atoms with Crippen LogP contribution in [0.15, 0.2) is 24.3 Å². The van der Waals surface area contributed by atoms with Gasteiger partial charge in [0.15, 0.2) is 6.23 Å². The van der Waals surface area contributed by atoms with Crippen LogP contribution in [0.3, 0.4) is 0 Å². The van der Waals surface area contributed by atoms with Crippen LogP contribution in [0.2, 0.25) is 0 Å². The number of carbonyl (C=O) groups excluding carboxylic acids is 1. The second-order valence-electron chi connectivity index (χ2n) is 5.73. The van der Waals surface area contributed by atoms with E-state index in [0.29, 0.717) is 24.5 Å². The molecule has 1 aliphatic carbocycles. The van der Waals surface area contributed by atoms with E-state index in [2.05, 4.69) is 6.92 Å². The first-order valence-corrected chi connectivity index (χ1v) is 6.80. The summed E-state index contributed by atoms with van der Waals surface area (Å²) in [7, 11) is 1.65. The van der Waals surface area contributed by atoms with Crippen molar-refractivity contribution in [2.75, 3.05) is 13.7 Å². The standard InChI is InChI=1S/C15H17NO3/c1-8-12-11-7-19-15(16(11)14(17)13(8)12)9-3-5-10(18-2)6-4-9/h3-6,8,11-13,15H,7H2,1-2H3/t8-,11+,12+,13+,15+/m0/s1. The van der Waals surface area contributed by atoms with Crippen molar-refractivity contribution in [3.05, 3.63) is 29.8 Å². The average Bonchev–Trinajstić information content (AvgIpc) is 2.82. The fourth-order valence-corrected chi connectivity index (χ4v) is 3.77. The molecule has 2 aliphatic heterocycles. The van der Waals surface area contributed by atoms with E-state index in [-0.39, 0.29) is 18.1 Å². The first kappa shape index (κ1) is 11.3. The summed E-state index contributed by atoms with van der Waals surface area (Å²) in [6, 6.07) is 8.07. The smallest absolute Gasteiger partial charge is 0.228 e. The van der Waals surface area contributed by atoms with Crippen LogP contribution in [0.4, 0.5) is 0 Å². The largest absolute Gasteiger partial charge is 0.497 e. The van der Waals surface area contributed by atoms with Gasteiger partial charge < -0.3 is 14.4 Å². The SMILES string of the molecule is COc1ccc([C@H]2OC[C@@H]3[C@H]4[C@H](C)[C@H]4C(=O)N23)cc1. The lowest BCUT2D eigenvalue weighted by molar-refractivity contribution is -0.137. The molecule has 0 N–H and O–H groups in total. The van der Waals surface area contributed by atoms with Gasteiger partial charge in [-0.2, -0.15) is 0 Å². The van der Waals surface area contributed by atoms with E-state index in [1.54, 1.807) is 7.11 Å². The van der Waals surface area contributed by atoms with Crippen LogP contribution in [0.5, 0.6) is 5.75 Å². The molecule has 1 aromatic rings. The van der Waals surface area contributed by atoms with E-state index in [1.807, 2.05) is 29.2 Å². The van der Waals surface area contributed by atoms with Gasteiger partial charge in [0.05, 0.1) is 19.8 Å². The van der Waals surface area contributed by atoms with Crippen LogP contribution in [-0.2, 0) is 9.53 Å². The molecular weight excluding hydrogens is 242 g/mol. The Balaban J connectivity index is 1.61. The zero-order valence-corrected chi connectivity index (χ0v) is 11.1. The van der Waals surface area contributed by atoms with Gasteiger partial charge in [-0.05, 0) is 24.0 Å². The van der Waals surface area contributed by atoms with Crippen LogP contribution in [0.1, 0.15) is 18.7 Å². The Morgan fingerprint density at radius 1 is 1.32 bits per heavy atom. The van der Waals surface area contributed by atoms with Gasteiger partial charge in [0.1, 0.15) is 5.75 Å². The topological polar surface area (TPSA) is 38.8 Å². The molecule has 0 aromatic heterocycles. The van der Waals surface area contributed by atoms with Crippen molar-refractivity contribution in [1.29, 1.82) is 0 Å². The Bertz CT molecular complexity index is 527. The normalized spacial score (nSPS) is 39.2. The number of rotatable bonds is 2. The van der Waals surface area contributed by atoms with Gasteiger partial charge in [-0.1, -0.05) is 19.1 Å². The number of benzene rings is 1. The molecule has 4 nitrogen and oxygen atoms in total. The molecule has 1 saturated carbocycles. The van der Waals surface area contributed by atoms with Gasteiger partial charge in [0.2, 0.25) is 5.91 Å². The Kier molecular flexibility index (Phi) is 2.22. The van der Waals surface area contributed by atoms with Gasteiger partial charge in [-0.3, -0.25) is 4.79 Å². The van der Waals surface area contributed by atoms with E-state index in [9.17, 15) is 4.79 Å². The van der Waals surface area contributed by atoms with Gasteiger partial charge >= 0.3 is 0 Å².